The maximum atomic E-state index is 12.3. The second-order valence-corrected chi connectivity index (χ2v) is 3.83. The van der Waals surface area contributed by atoms with Crippen molar-refractivity contribution in [3.8, 4) is 5.75 Å². The largest absolute Gasteiger partial charge is 0.494 e. The average molecular weight is 236 g/mol. The third kappa shape index (κ3) is 2.34. The van der Waals surface area contributed by atoms with Crippen LogP contribution in [0.4, 0.5) is 5.69 Å². The highest BCUT2D eigenvalue weighted by Gasteiger charge is 2.22. The zero-order valence-corrected chi connectivity index (χ0v) is 9.81. The maximum Gasteiger partial charge on any atom is 0.257 e. The molecular formula is C12H16N2O3. The Labute approximate surface area is 100 Å². The predicted molar refractivity (Wildman–Crippen MR) is 64.1 cm³/mol. The van der Waals surface area contributed by atoms with Gasteiger partial charge in [0.05, 0.1) is 31.6 Å². The summed E-state index contributed by atoms with van der Waals surface area (Å²) in [6, 6.07) is 5.20. The molecule has 1 amide bonds. The number of ether oxygens (including phenoxy) is 2. The van der Waals surface area contributed by atoms with Crippen molar-refractivity contribution in [2.75, 3.05) is 39.1 Å². The molecule has 0 aromatic heterocycles. The van der Waals surface area contributed by atoms with E-state index in [4.69, 9.17) is 15.2 Å². The van der Waals surface area contributed by atoms with E-state index < -0.39 is 0 Å². The summed E-state index contributed by atoms with van der Waals surface area (Å²) in [4.78, 5) is 14.0. The predicted octanol–water partition coefficient (Wildman–Crippen LogP) is 0.750. The number of morpholine rings is 1. The minimum Gasteiger partial charge on any atom is -0.494 e. The van der Waals surface area contributed by atoms with Crippen molar-refractivity contribution in [1.82, 2.24) is 4.90 Å². The lowest BCUT2D eigenvalue weighted by Gasteiger charge is -2.27. The van der Waals surface area contributed by atoms with Crippen molar-refractivity contribution in [3.63, 3.8) is 0 Å². The van der Waals surface area contributed by atoms with Crippen molar-refractivity contribution < 1.29 is 14.3 Å². The first-order chi connectivity index (χ1) is 8.24. The van der Waals surface area contributed by atoms with Crippen LogP contribution < -0.4 is 10.5 Å². The minimum atomic E-state index is -0.0579. The normalized spacial score (nSPS) is 15.7. The molecule has 5 heteroatoms. The number of hydrogen-bond acceptors (Lipinski definition) is 4. The van der Waals surface area contributed by atoms with Crippen LogP contribution >= 0.6 is 0 Å². The number of hydrogen-bond donors (Lipinski definition) is 1. The third-order valence-corrected chi connectivity index (χ3v) is 2.78. The van der Waals surface area contributed by atoms with E-state index in [1.807, 2.05) is 0 Å². The van der Waals surface area contributed by atoms with Gasteiger partial charge in [0.1, 0.15) is 0 Å². The molecule has 1 aliphatic heterocycles. The van der Waals surface area contributed by atoms with E-state index in [1.165, 1.54) is 7.11 Å². The Bertz CT molecular complexity index is 414. The van der Waals surface area contributed by atoms with Crippen LogP contribution in [0, 0.1) is 0 Å². The SMILES string of the molecule is COc1c(N)cccc1C(=O)N1CCOCC1. The molecule has 2 rings (SSSR count). The highest BCUT2D eigenvalue weighted by molar-refractivity contribution is 5.98. The minimum absolute atomic E-state index is 0.0579. The molecule has 5 nitrogen and oxygen atoms in total. The molecule has 0 radical (unpaired) electrons. The molecule has 1 aromatic rings. The molecule has 0 aliphatic carbocycles. The summed E-state index contributed by atoms with van der Waals surface area (Å²) >= 11 is 0. The molecule has 1 saturated heterocycles. The summed E-state index contributed by atoms with van der Waals surface area (Å²) in [5.74, 6) is 0.390. The zero-order valence-electron chi connectivity index (χ0n) is 9.81. The van der Waals surface area contributed by atoms with Crippen LogP contribution in [-0.2, 0) is 4.74 Å². The van der Waals surface area contributed by atoms with Crippen LogP contribution in [0.5, 0.6) is 5.75 Å². The second kappa shape index (κ2) is 5.05. The second-order valence-electron chi connectivity index (χ2n) is 3.83. The number of rotatable bonds is 2. The topological polar surface area (TPSA) is 64.8 Å². The van der Waals surface area contributed by atoms with E-state index in [0.717, 1.165) is 0 Å². The number of nitrogen functional groups attached to an aromatic ring is 1. The van der Waals surface area contributed by atoms with Crippen molar-refractivity contribution >= 4 is 11.6 Å². The van der Waals surface area contributed by atoms with Crippen LogP contribution in [0.1, 0.15) is 10.4 Å². The van der Waals surface area contributed by atoms with Gasteiger partial charge >= 0.3 is 0 Å². The standard InChI is InChI=1S/C12H16N2O3/c1-16-11-9(3-2-4-10(11)13)12(15)14-5-7-17-8-6-14/h2-4H,5-8,13H2,1H3. The molecule has 1 fully saturated rings. The number of amides is 1. The summed E-state index contributed by atoms with van der Waals surface area (Å²) in [6.45, 7) is 2.38. The molecule has 0 saturated carbocycles. The molecule has 17 heavy (non-hydrogen) atoms. The smallest absolute Gasteiger partial charge is 0.257 e. The third-order valence-electron chi connectivity index (χ3n) is 2.78. The fourth-order valence-corrected chi connectivity index (χ4v) is 1.89. The van der Waals surface area contributed by atoms with Crippen LogP contribution in [0.25, 0.3) is 0 Å². The maximum absolute atomic E-state index is 12.3. The van der Waals surface area contributed by atoms with Crippen molar-refractivity contribution in [2.24, 2.45) is 0 Å². The lowest BCUT2D eigenvalue weighted by atomic mass is 10.1. The highest BCUT2D eigenvalue weighted by atomic mass is 16.5. The Hall–Kier alpha value is -1.75. The van der Waals surface area contributed by atoms with E-state index >= 15 is 0 Å². The fourth-order valence-electron chi connectivity index (χ4n) is 1.89. The number of nitrogens with zero attached hydrogens (tertiary/aromatic N) is 1. The molecule has 0 atom stereocenters. The van der Waals surface area contributed by atoms with Crippen molar-refractivity contribution in [3.05, 3.63) is 23.8 Å². The van der Waals surface area contributed by atoms with E-state index in [1.54, 1.807) is 23.1 Å². The lowest BCUT2D eigenvalue weighted by Crippen LogP contribution is -2.40. The van der Waals surface area contributed by atoms with Gasteiger partial charge in [-0.25, -0.2) is 0 Å². The number of anilines is 1. The van der Waals surface area contributed by atoms with Crippen LogP contribution in [0.2, 0.25) is 0 Å². The van der Waals surface area contributed by atoms with Crippen LogP contribution in [-0.4, -0.2) is 44.2 Å². The Morgan fingerprint density at radius 3 is 2.76 bits per heavy atom. The average Bonchev–Trinajstić information content (AvgIpc) is 2.38. The number of nitrogens with two attached hydrogens (primary N) is 1. The quantitative estimate of drug-likeness (QED) is 0.769. The van der Waals surface area contributed by atoms with Gasteiger partial charge < -0.3 is 20.1 Å². The van der Waals surface area contributed by atoms with Crippen molar-refractivity contribution in [1.29, 1.82) is 0 Å². The molecule has 0 spiro atoms. The Kier molecular flexibility index (Phi) is 3.49. The first-order valence-corrected chi connectivity index (χ1v) is 5.53. The highest BCUT2D eigenvalue weighted by Crippen LogP contribution is 2.27. The van der Waals surface area contributed by atoms with E-state index in [0.29, 0.717) is 43.3 Å². The van der Waals surface area contributed by atoms with Gasteiger partial charge in [-0.05, 0) is 12.1 Å². The van der Waals surface area contributed by atoms with Crippen LogP contribution in [0.15, 0.2) is 18.2 Å². The number of benzene rings is 1. The lowest BCUT2D eigenvalue weighted by molar-refractivity contribution is 0.0301. The molecule has 1 aliphatic rings. The molecule has 1 aromatic carbocycles. The number of para-hydroxylation sites is 1. The molecule has 1 heterocycles. The van der Waals surface area contributed by atoms with Gasteiger partial charge in [-0.3, -0.25) is 4.79 Å². The van der Waals surface area contributed by atoms with Gasteiger partial charge in [-0.15, -0.1) is 0 Å². The summed E-state index contributed by atoms with van der Waals surface area (Å²) in [5, 5.41) is 0. The number of methoxy groups -OCH3 is 1. The van der Waals surface area contributed by atoms with E-state index in [9.17, 15) is 4.79 Å². The monoisotopic (exact) mass is 236 g/mol. The van der Waals surface area contributed by atoms with Crippen LogP contribution in [0.3, 0.4) is 0 Å². The fraction of sp³-hybridized carbons (Fsp3) is 0.417. The van der Waals surface area contributed by atoms with Gasteiger partial charge in [-0.2, -0.15) is 0 Å². The molecule has 2 N–H and O–H groups in total. The molecule has 0 unspecified atom stereocenters. The molecule has 92 valence electrons. The first-order valence-electron chi connectivity index (χ1n) is 5.53. The first kappa shape index (κ1) is 11.7. The summed E-state index contributed by atoms with van der Waals surface area (Å²) in [6.07, 6.45) is 0. The van der Waals surface area contributed by atoms with Crippen molar-refractivity contribution in [2.45, 2.75) is 0 Å². The van der Waals surface area contributed by atoms with E-state index in [2.05, 4.69) is 0 Å². The summed E-state index contributed by atoms with van der Waals surface area (Å²) in [7, 11) is 1.52. The Morgan fingerprint density at radius 2 is 2.12 bits per heavy atom. The van der Waals surface area contributed by atoms with Gasteiger partial charge in [-0.1, -0.05) is 6.07 Å². The zero-order chi connectivity index (χ0) is 12.3. The number of carbonyl (C=O) groups is 1. The Morgan fingerprint density at radius 1 is 1.41 bits per heavy atom. The van der Waals surface area contributed by atoms with Gasteiger partial charge in [0.15, 0.2) is 5.75 Å². The summed E-state index contributed by atoms with van der Waals surface area (Å²) in [5.41, 5.74) is 6.77. The molecular weight excluding hydrogens is 220 g/mol. The van der Waals surface area contributed by atoms with E-state index in [-0.39, 0.29) is 5.91 Å². The van der Waals surface area contributed by atoms with Gasteiger partial charge in [0, 0.05) is 13.1 Å². The Balaban J connectivity index is 2.26. The summed E-state index contributed by atoms with van der Waals surface area (Å²) < 4.78 is 10.4. The number of carbonyl (C=O) groups excluding carboxylic acids is 1. The molecule has 0 bridgehead atoms. The van der Waals surface area contributed by atoms with Gasteiger partial charge in [0.25, 0.3) is 5.91 Å². The van der Waals surface area contributed by atoms with Gasteiger partial charge in [0.2, 0.25) is 0 Å².